The molecule has 0 aromatic heterocycles. The first-order valence-corrected chi connectivity index (χ1v) is 22.3. The Morgan fingerprint density at radius 3 is 1.54 bits per heavy atom. The fourth-order valence-corrected chi connectivity index (χ4v) is 8.37. The van der Waals surface area contributed by atoms with E-state index in [-0.39, 0.29) is 19.1 Å². The van der Waals surface area contributed by atoms with Crippen LogP contribution < -0.4 is 5.32 Å². The number of fused-ring (bicyclic) bond motifs is 3. The lowest BCUT2D eigenvalue weighted by Crippen LogP contribution is -2.63. The predicted molar refractivity (Wildman–Crippen MR) is 242 cm³/mol. The number of alkyl carbamates (subject to hydrolysis) is 1. The summed E-state index contributed by atoms with van der Waals surface area (Å²) >= 11 is 0. The highest BCUT2D eigenvalue weighted by Gasteiger charge is 2.54. The minimum Gasteiger partial charge on any atom is -0.463 e. The van der Waals surface area contributed by atoms with E-state index in [0.717, 1.165) is 56.9 Å². The van der Waals surface area contributed by atoms with Crippen LogP contribution in [-0.4, -0.2) is 136 Å². The number of nitrogens with zero attached hydrogens (tertiary/aromatic N) is 6. The highest BCUT2D eigenvalue weighted by Crippen LogP contribution is 2.44. The van der Waals surface area contributed by atoms with E-state index in [1.54, 1.807) is 30.3 Å². The number of rotatable bonds is 20. The molecule has 1 N–H and O–H groups in total. The molecule has 1 aliphatic carbocycles. The molecule has 0 spiro atoms. The highest BCUT2D eigenvalue weighted by molar-refractivity contribution is 5.82. The number of carbonyl (C=O) groups is 7. The second-order valence-electron chi connectivity index (χ2n) is 16.4. The molecule has 2 aliphatic heterocycles. The van der Waals surface area contributed by atoms with Gasteiger partial charge in [0, 0.05) is 50.4 Å². The first kappa shape index (κ1) is 53.6. The molecule has 11 atom stereocenters. The number of hydrogen-bond donors (Lipinski definition) is 1. The van der Waals surface area contributed by atoms with Crippen LogP contribution in [0.3, 0.4) is 0 Å². The quantitative estimate of drug-likeness (QED) is 0.0524. The smallest absolute Gasteiger partial charge is 0.407 e. The molecule has 0 unspecified atom stereocenters. The Morgan fingerprint density at radius 2 is 1.04 bits per heavy atom. The Hall–Kier alpha value is -7.79. The summed E-state index contributed by atoms with van der Waals surface area (Å²) in [5.74, 6) is -5.75. The molecule has 25 heteroatoms. The van der Waals surface area contributed by atoms with Crippen molar-refractivity contribution in [3.05, 3.63) is 116 Å². The molecule has 1 amide bonds. The molecule has 3 aliphatic rings. The third-order valence-corrected chi connectivity index (χ3v) is 11.3. The van der Waals surface area contributed by atoms with Crippen molar-refractivity contribution >= 4 is 41.9 Å². The predicted octanol–water partition coefficient (Wildman–Crippen LogP) is 4.77. The molecule has 6 rings (SSSR count). The van der Waals surface area contributed by atoms with Crippen LogP contribution in [0.25, 0.3) is 32.0 Å². The van der Waals surface area contributed by atoms with E-state index in [0.29, 0.717) is 5.56 Å². The summed E-state index contributed by atoms with van der Waals surface area (Å²) in [7, 11) is 0. The van der Waals surface area contributed by atoms with Crippen LogP contribution in [0.2, 0.25) is 0 Å². The van der Waals surface area contributed by atoms with Gasteiger partial charge in [0.2, 0.25) is 0 Å². The van der Waals surface area contributed by atoms with Crippen molar-refractivity contribution in [1.29, 1.82) is 0 Å². The van der Waals surface area contributed by atoms with Crippen LogP contribution in [-0.2, 0) is 87.5 Å². The molecule has 0 bridgehead atoms. The van der Waals surface area contributed by atoms with Gasteiger partial charge in [-0.05, 0) is 38.9 Å². The number of nitrogens with one attached hydrogen (secondary N) is 1. The SMILES string of the molecule is CC(=O)OC[C@H]1O[C@H](OC[C@H]2O[C@H](OC[C@H](NC(=O)OCC3c4ccccc4-c4ccccc43)C(=O)OCc3ccccc3)[C@H](N=[N+]=[N-])[C@@H](OC(C)=O)[C@H]2OC(C)=O)[C@H](N=[N+]=[N-])[C@@H](OC(C)=O)[C@H]1OC(C)=O. The van der Waals surface area contributed by atoms with Crippen LogP contribution in [0, 0.1) is 0 Å². The van der Waals surface area contributed by atoms with Gasteiger partial charge in [-0.2, -0.15) is 0 Å². The Morgan fingerprint density at radius 1 is 0.569 bits per heavy atom. The lowest BCUT2D eigenvalue weighted by atomic mass is 9.96. The van der Waals surface area contributed by atoms with Crippen LogP contribution in [0.15, 0.2) is 89.1 Å². The average Bonchev–Trinajstić information content (AvgIpc) is 3.66. The van der Waals surface area contributed by atoms with Gasteiger partial charge in [-0.25, -0.2) is 9.59 Å². The summed E-state index contributed by atoms with van der Waals surface area (Å²) in [5, 5.41) is 9.92. The Bertz CT molecular complexity index is 2510. The number of benzene rings is 3. The van der Waals surface area contributed by atoms with E-state index in [9.17, 15) is 44.6 Å². The average molecular weight is 1000 g/mol. The number of hydrogen-bond acceptors (Lipinski definition) is 20. The van der Waals surface area contributed by atoms with Gasteiger partial charge in [-0.1, -0.05) is 89.1 Å². The van der Waals surface area contributed by atoms with Crippen molar-refractivity contribution in [3.8, 4) is 11.1 Å². The summed E-state index contributed by atoms with van der Waals surface area (Å²) in [6.07, 6.45) is -14.0. The second kappa shape index (κ2) is 25.4. The summed E-state index contributed by atoms with van der Waals surface area (Å²) in [6.45, 7) is 2.78. The molecule has 72 heavy (non-hydrogen) atoms. The number of azide groups is 2. The molecule has 382 valence electrons. The van der Waals surface area contributed by atoms with Crippen molar-refractivity contribution in [2.24, 2.45) is 10.2 Å². The lowest BCUT2D eigenvalue weighted by Gasteiger charge is -2.45. The molecule has 3 aromatic rings. The Labute approximate surface area is 410 Å². The molecule has 2 heterocycles. The summed E-state index contributed by atoms with van der Waals surface area (Å²) < 4.78 is 62.8. The number of carbonyl (C=O) groups excluding carboxylic acids is 7. The monoisotopic (exact) mass is 1000 g/mol. The minimum absolute atomic E-state index is 0.123. The second-order valence-corrected chi connectivity index (χ2v) is 16.4. The van der Waals surface area contributed by atoms with Crippen molar-refractivity contribution in [2.75, 3.05) is 26.4 Å². The highest BCUT2D eigenvalue weighted by atomic mass is 16.7. The van der Waals surface area contributed by atoms with Gasteiger partial charge in [0.25, 0.3) is 0 Å². The number of ether oxygens (including phenoxy) is 11. The fourth-order valence-electron chi connectivity index (χ4n) is 8.37. The van der Waals surface area contributed by atoms with Crippen molar-refractivity contribution in [2.45, 2.75) is 114 Å². The topological polar surface area (TPSA) is 331 Å². The Kier molecular flexibility index (Phi) is 18.9. The van der Waals surface area contributed by atoms with Gasteiger partial charge in [-0.3, -0.25) is 24.0 Å². The maximum absolute atomic E-state index is 13.8. The van der Waals surface area contributed by atoms with E-state index in [2.05, 4.69) is 25.4 Å². The van der Waals surface area contributed by atoms with Crippen molar-refractivity contribution in [1.82, 2.24) is 5.32 Å². The fraction of sp³-hybridized carbons (Fsp3) is 0.468. The third-order valence-electron chi connectivity index (χ3n) is 11.3. The largest absolute Gasteiger partial charge is 0.463 e. The van der Waals surface area contributed by atoms with Gasteiger partial charge in [0.15, 0.2) is 43.0 Å². The maximum Gasteiger partial charge on any atom is 0.407 e. The molecule has 0 radical (unpaired) electrons. The third kappa shape index (κ3) is 14.0. The zero-order valence-corrected chi connectivity index (χ0v) is 39.5. The molecular weight excluding hydrogens is 951 g/mol. The van der Waals surface area contributed by atoms with Crippen molar-refractivity contribution < 1.29 is 85.7 Å². The van der Waals surface area contributed by atoms with E-state index < -0.39 is 129 Å². The zero-order valence-electron chi connectivity index (χ0n) is 39.5. The first-order chi connectivity index (χ1) is 34.6. The molecule has 2 fully saturated rings. The minimum atomic E-state index is -1.79. The summed E-state index contributed by atoms with van der Waals surface area (Å²) in [4.78, 5) is 94.9. The van der Waals surface area contributed by atoms with E-state index in [1.807, 2.05) is 48.5 Å². The van der Waals surface area contributed by atoms with E-state index in [1.165, 1.54) is 0 Å². The lowest BCUT2D eigenvalue weighted by molar-refractivity contribution is -0.304. The van der Waals surface area contributed by atoms with E-state index in [4.69, 9.17) is 52.1 Å². The van der Waals surface area contributed by atoms with Gasteiger partial charge < -0.3 is 57.4 Å². The number of esters is 6. The standard InChI is InChI=1S/C47H51N7O18/c1-24(55)62-22-36-40(67-25(2)56)43(70-28(5)59)39(52-54-49)46(71-36)65-23-37-41(68-26(3)57)42(69-27(4)58)38(51-53-48)45(72-37)64-21-35(44(60)63-19-29-13-7-6-8-14-29)50-47(61)66-20-34-32-17-11-9-15-30(32)31-16-10-12-18-33(31)34/h6-18,34-43,45-46H,19-23H2,1-5H3,(H,50,61)/t35-,36+,37+,38+,39+,40-,41-,42+,43+,45-,46-/m0/s1. The molecule has 0 saturated carbocycles. The van der Waals surface area contributed by atoms with E-state index >= 15 is 0 Å². The van der Waals surface area contributed by atoms with Crippen LogP contribution in [0.5, 0.6) is 0 Å². The molecule has 25 nitrogen and oxygen atoms in total. The first-order valence-electron chi connectivity index (χ1n) is 22.3. The van der Waals surface area contributed by atoms with Gasteiger partial charge >= 0.3 is 41.9 Å². The van der Waals surface area contributed by atoms with Crippen LogP contribution in [0.1, 0.15) is 57.2 Å². The Balaban J connectivity index is 1.27. The normalized spacial score (nSPS) is 24.5. The van der Waals surface area contributed by atoms with Crippen LogP contribution >= 0.6 is 0 Å². The van der Waals surface area contributed by atoms with Gasteiger partial charge in [-0.15, -0.1) is 0 Å². The summed E-state index contributed by atoms with van der Waals surface area (Å²) in [5.41, 5.74) is 23.8. The van der Waals surface area contributed by atoms with Gasteiger partial charge in [0.1, 0.15) is 44.1 Å². The molecule has 3 aromatic carbocycles. The zero-order chi connectivity index (χ0) is 51.9. The molecule has 2 saturated heterocycles. The maximum atomic E-state index is 13.8. The van der Waals surface area contributed by atoms with Gasteiger partial charge in [0.05, 0.1) is 13.2 Å². The number of amides is 1. The molecular formula is C47H51N7O18. The van der Waals surface area contributed by atoms with Crippen molar-refractivity contribution in [3.63, 3.8) is 0 Å². The summed E-state index contributed by atoms with van der Waals surface area (Å²) in [6, 6.07) is 19.1. The van der Waals surface area contributed by atoms with Crippen LogP contribution in [0.4, 0.5) is 4.79 Å².